The third-order valence-corrected chi connectivity index (χ3v) is 2.08. The maximum atomic E-state index is 11.7. The Hall–Kier alpha value is -1.04. The van der Waals surface area contributed by atoms with Gasteiger partial charge in [0.2, 0.25) is 0 Å². The highest BCUT2D eigenvalue weighted by molar-refractivity contribution is 8.00. The number of alkyl halides is 3. The summed E-state index contributed by atoms with van der Waals surface area (Å²) in [5.74, 6) is -1.17. The van der Waals surface area contributed by atoms with Crippen molar-refractivity contribution in [3.05, 3.63) is 30.1 Å². The molecule has 2 nitrogen and oxygen atoms in total. The van der Waals surface area contributed by atoms with Crippen molar-refractivity contribution in [1.82, 2.24) is 4.98 Å². The molecular formula is C8H6F3NOS. The molecule has 76 valence electrons. The Bertz CT molecular complexity index is 312. The average Bonchev–Trinajstić information content (AvgIpc) is 2.14. The number of aromatic nitrogens is 1. The Balaban J connectivity index is 2.52. The van der Waals surface area contributed by atoms with Gasteiger partial charge in [0.15, 0.2) is 5.78 Å². The van der Waals surface area contributed by atoms with Gasteiger partial charge in [-0.2, -0.15) is 13.2 Å². The van der Waals surface area contributed by atoms with E-state index >= 15 is 0 Å². The summed E-state index contributed by atoms with van der Waals surface area (Å²) >= 11 is -0.341. The molecule has 6 heteroatoms. The molecular weight excluding hydrogens is 215 g/mol. The fourth-order valence-corrected chi connectivity index (χ4v) is 1.22. The molecule has 0 N–H and O–H groups in total. The zero-order chi connectivity index (χ0) is 10.6. The standard InChI is InChI=1S/C8H6F3NOS/c9-8(10,11)14-5-7(13)6-2-1-3-12-4-6/h1-4H,5H2. The molecule has 14 heavy (non-hydrogen) atoms. The summed E-state index contributed by atoms with van der Waals surface area (Å²) < 4.78 is 35.2. The molecule has 1 aromatic heterocycles. The van der Waals surface area contributed by atoms with Crippen LogP contribution in [0.2, 0.25) is 0 Å². The van der Waals surface area contributed by atoms with Crippen LogP contribution in [-0.4, -0.2) is 22.0 Å². The quantitative estimate of drug-likeness (QED) is 0.734. The molecule has 0 bridgehead atoms. The third-order valence-electron chi connectivity index (χ3n) is 1.35. The van der Waals surface area contributed by atoms with Gasteiger partial charge in [-0.05, 0) is 23.9 Å². The van der Waals surface area contributed by atoms with Crippen LogP contribution in [-0.2, 0) is 0 Å². The van der Waals surface area contributed by atoms with Crippen LogP contribution in [0.1, 0.15) is 10.4 Å². The molecule has 0 aromatic carbocycles. The van der Waals surface area contributed by atoms with Crippen molar-refractivity contribution < 1.29 is 18.0 Å². The van der Waals surface area contributed by atoms with Gasteiger partial charge in [0.25, 0.3) is 0 Å². The minimum Gasteiger partial charge on any atom is -0.293 e. The van der Waals surface area contributed by atoms with E-state index in [1.54, 1.807) is 0 Å². The Morgan fingerprint density at radius 1 is 1.50 bits per heavy atom. The highest BCUT2D eigenvalue weighted by atomic mass is 32.2. The highest BCUT2D eigenvalue weighted by Crippen LogP contribution is 2.30. The lowest BCUT2D eigenvalue weighted by molar-refractivity contribution is -0.0327. The predicted molar refractivity (Wildman–Crippen MR) is 47.1 cm³/mol. The fraction of sp³-hybridized carbons (Fsp3) is 0.250. The van der Waals surface area contributed by atoms with Gasteiger partial charge in [-0.3, -0.25) is 9.78 Å². The Kier molecular flexibility index (Phi) is 3.51. The van der Waals surface area contributed by atoms with Crippen LogP contribution in [0.4, 0.5) is 13.2 Å². The lowest BCUT2D eigenvalue weighted by Gasteiger charge is -2.03. The van der Waals surface area contributed by atoms with Crippen LogP contribution in [0.25, 0.3) is 0 Å². The number of ketones is 1. The molecule has 0 aliphatic rings. The largest absolute Gasteiger partial charge is 0.442 e. The second kappa shape index (κ2) is 4.45. The Morgan fingerprint density at radius 2 is 2.21 bits per heavy atom. The molecule has 0 fully saturated rings. The number of hydrogen-bond acceptors (Lipinski definition) is 3. The van der Waals surface area contributed by atoms with E-state index in [9.17, 15) is 18.0 Å². The van der Waals surface area contributed by atoms with Crippen molar-refractivity contribution >= 4 is 17.5 Å². The van der Waals surface area contributed by atoms with Crippen molar-refractivity contribution in [2.75, 3.05) is 5.75 Å². The maximum absolute atomic E-state index is 11.7. The van der Waals surface area contributed by atoms with Crippen LogP contribution < -0.4 is 0 Å². The van der Waals surface area contributed by atoms with Gasteiger partial charge in [0.05, 0.1) is 5.75 Å². The molecule has 1 rings (SSSR count). The first-order valence-electron chi connectivity index (χ1n) is 3.63. The van der Waals surface area contributed by atoms with Gasteiger partial charge in [-0.25, -0.2) is 0 Å². The van der Waals surface area contributed by atoms with E-state index in [0.717, 1.165) is 0 Å². The first-order valence-corrected chi connectivity index (χ1v) is 4.61. The molecule has 0 saturated carbocycles. The summed E-state index contributed by atoms with van der Waals surface area (Å²) in [6, 6.07) is 2.94. The van der Waals surface area contributed by atoms with E-state index in [0.29, 0.717) is 0 Å². The highest BCUT2D eigenvalue weighted by Gasteiger charge is 2.29. The minimum atomic E-state index is -4.36. The summed E-state index contributed by atoms with van der Waals surface area (Å²) in [6.07, 6.45) is 2.70. The molecule has 0 radical (unpaired) electrons. The van der Waals surface area contributed by atoms with E-state index in [1.165, 1.54) is 24.5 Å². The normalized spacial score (nSPS) is 11.4. The number of rotatable bonds is 3. The summed E-state index contributed by atoms with van der Waals surface area (Å²) in [4.78, 5) is 14.8. The van der Waals surface area contributed by atoms with E-state index < -0.39 is 17.0 Å². The van der Waals surface area contributed by atoms with Crippen LogP contribution >= 0.6 is 11.8 Å². The molecule has 1 aromatic rings. The van der Waals surface area contributed by atoms with Crippen molar-refractivity contribution in [3.8, 4) is 0 Å². The molecule has 0 atom stereocenters. The second-order valence-corrected chi connectivity index (χ2v) is 3.44. The minimum absolute atomic E-state index is 0.198. The lowest BCUT2D eigenvalue weighted by atomic mass is 10.2. The van der Waals surface area contributed by atoms with E-state index in [1.807, 2.05) is 0 Å². The van der Waals surface area contributed by atoms with Crippen molar-refractivity contribution in [2.45, 2.75) is 5.51 Å². The van der Waals surface area contributed by atoms with Crippen molar-refractivity contribution in [3.63, 3.8) is 0 Å². The van der Waals surface area contributed by atoms with E-state index in [2.05, 4.69) is 4.98 Å². The third kappa shape index (κ3) is 3.78. The average molecular weight is 221 g/mol. The van der Waals surface area contributed by atoms with Gasteiger partial charge in [0.1, 0.15) is 0 Å². The molecule has 0 spiro atoms. The van der Waals surface area contributed by atoms with Gasteiger partial charge < -0.3 is 0 Å². The van der Waals surface area contributed by atoms with E-state index in [4.69, 9.17) is 0 Å². The number of Topliss-reactive ketones (excluding diaryl/α,β-unsaturated/α-hetero) is 1. The number of carbonyl (C=O) groups excluding carboxylic acids is 1. The number of nitrogens with zero attached hydrogens (tertiary/aromatic N) is 1. The number of thioether (sulfide) groups is 1. The monoisotopic (exact) mass is 221 g/mol. The van der Waals surface area contributed by atoms with Gasteiger partial charge in [-0.15, -0.1) is 0 Å². The molecule has 0 unspecified atom stereocenters. The molecule has 0 amide bonds. The van der Waals surface area contributed by atoms with Crippen LogP contribution in [0.15, 0.2) is 24.5 Å². The second-order valence-electron chi connectivity index (χ2n) is 2.40. The molecule has 1 heterocycles. The molecule has 0 aliphatic carbocycles. The van der Waals surface area contributed by atoms with Gasteiger partial charge in [-0.1, -0.05) is 0 Å². The zero-order valence-electron chi connectivity index (χ0n) is 6.91. The van der Waals surface area contributed by atoms with Crippen LogP contribution in [0.5, 0.6) is 0 Å². The number of halogens is 3. The number of carbonyl (C=O) groups is 1. The summed E-state index contributed by atoms with van der Waals surface area (Å²) in [5, 5.41) is 0. The fourth-order valence-electron chi connectivity index (χ4n) is 0.758. The summed E-state index contributed by atoms with van der Waals surface area (Å²) in [6.45, 7) is 0. The van der Waals surface area contributed by atoms with Crippen molar-refractivity contribution in [2.24, 2.45) is 0 Å². The number of hydrogen-bond donors (Lipinski definition) is 0. The van der Waals surface area contributed by atoms with Crippen LogP contribution in [0, 0.1) is 0 Å². The molecule has 0 saturated heterocycles. The lowest BCUT2D eigenvalue weighted by Crippen LogP contribution is -2.09. The van der Waals surface area contributed by atoms with Gasteiger partial charge in [0, 0.05) is 18.0 Å². The predicted octanol–water partition coefficient (Wildman–Crippen LogP) is 2.52. The van der Waals surface area contributed by atoms with Crippen molar-refractivity contribution in [1.29, 1.82) is 0 Å². The molecule has 0 aliphatic heterocycles. The maximum Gasteiger partial charge on any atom is 0.442 e. The zero-order valence-corrected chi connectivity index (χ0v) is 7.73. The SMILES string of the molecule is O=C(CSC(F)(F)F)c1cccnc1. The Morgan fingerprint density at radius 3 is 2.71 bits per heavy atom. The smallest absolute Gasteiger partial charge is 0.293 e. The summed E-state index contributed by atoms with van der Waals surface area (Å²) in [5.41, 5.74) is -4.16. The summed E-state index contributed by atoms with van der Waals surface area (Å²) in [7, 11) is 0. The Labute approximate surface area is 82.5 Å². The first kappa shape index (κ1) is 11.0. The van der Waals surface area contributed by atoms with E-state index in [-0.39, 0.29) is 17.3 Å². The number of pyridine rings is 1. The first-order chi connectivity index (χ1) is 6.49. The van der Waals surface area contributed by atoms with Crippen LogP contribution in [0.3, 0.4) is 0 Å². The topological polar surface area (TPSA) is 30.0 Å². The van der Waals surface area contributed by atoms with Gasteiger partial charge >= 0.3 is 5.51 Å².